The fourth-order valence-electron chi connectivity index (χ4n) is 1.50. The first-order valence-electron chi connectivity index (χ1n) is 5.68. The highest BCUT2D eigenvalue weighted by Crippen LogP contribution is 2.27. The van der Waals surface area contributed by atoms with Crippen LogP contribution in [0.3, 0.4) is 0 Å². The number of halogens is 3. The minimum Gasteiger partial charge on any atom is -0.482 e. The Morgan fingerprint density at radius 2 is 2.00 bits per heavy atom. The number of benzene rings is 2. The zero-order chi connectivity index (χ0) is 14.5. The fraction of sp³-hybridized carbons (Fsp3) is 0.0714. The lowest BCUT2D eigenvalue weighted by Gasteiger charge is -2.09. The average molecular weight is 422 g/mol. The Kier molecular flexibility index (Phi) is 5.51. The molecular weight excluding hydrogens is 412 g/mol. The third kappa shape index (κ3) is 4.54. The number of anilines is 1. The molecule has 0 aliphatic carbocycles. The first-order valence-corrected chi connectivity index (χ1v) is 7.51. The van der Waals surface area contributed by atoms with E-state index in [1.165, 1.54) is 0 Å². The Hall–Kier alpha value is -0.980. The highest BCUT2D eigenvalue weighted by atomic mass is 127. The molecule has 0 spiro atoms. The first kappa shape index (κ1) is 15.4. The smallest absolute Gasteiger partial charge is 0.262 e. The first-order chi connectivity index (χ1) is 9.54. The average Bonchev–Trinajstić information content (AvgIpc) is 2.37. The van der Waals surface area contributed by atoms with E-state index in [0.717, 1.165) is 9.26 Å². The summed E-state index contributed by atoms with van der Waals surface area (Å²) < 4.78 is 6.40. The predicted octanol–water partition coefficient (Wildman–Crippen LogP) is 4.62. The Bertz CT molecular complexity index is 634. The van der Waals surface area contributed by atoms with E-state index in [1.807, 2.05) is 24.3 Å². The maximum absolute atomic E-state index is 11.8. The van der Waals surface area contributed by atoms with Gasteiger partial charge < -0.3 is 10.1 Å². The Balaban J connectivity index is 1.92. The van der Waals surface area contributed by atoms with Gasteiger partial charge in [0, 0.05) is 14.3 Å². The lowest BCUT2D eigenvalue weighted by molar-refractivity contribution is -0.118. The molecule has 1 amide bonds. The van der Waals surface area contributed by atoms with Gasteiger partial charge in [0.25, 0.3) is 5.91 Å². The van der Waals surface area contributed by atoms with Gasteiger partial charge in [-0.2, -0.15) is 0 Å². The number of carbonyl (C=O) groups excluding carboxylic acids is 1. The zero-order valence-corrected chi connectivity index (χ0v) is 13.9. The molecule has 0 unspecified atom stereocenters. The lowest BCUT2D eigenvalue weighted by Crippen LogP contribution is -2.20. The second kappa shape index (κ2) is 7.15. The number of hydrogen-bond donors (Lipinski definition) is 1. The zero-order valence-electron chi connectivity index (χ0n) is 10.2. The Morgan fingerprint density at radius 3 is 2.70 bits per heavy atom. The number of nitrogens with one attached hydrogen (secondary N) is 1. The van der Waals surface area contributed by atoms with Crippen LogP contribution < -0.4 is 10.1 Å². The summed E-state index contributed by atoms with van der Waals surface area (Å²) in [6.07, 6.45) is 0. The third-order valence-electron chi connectivity index (χ3n) is 2.36. The number of rotatable bonds is 4. The van der Waals surface area contributed by atoms with Gasteiger partial charge in [-0.05, 0) is 59.0 Å². The molecule has 0 saturated heterocycles. The van der Waals surface area contributed by atoms with Crippen LogP contribution in [0.25, 0.3) is 0 Å². The molecule has 0 aliphatic rings. The van der Waals surface area contributed by atoms with Gasteiger partial charge >= 0.3 is 0 Å². The van der Waals surface area contributed by atoms with Crippen LogP contribution in [0, 0.1) is 3.57 Å². The van der Waals surface area contributed by atoms with Crippen LogP contribution in [0.2, 0.25) is 10.0 Å². The molecule has 3 nitrogen and oxygen atoms in total. The summed E-state index contributed by atoms with van der Waals surface area (Å²) in [7, 11) is 0. The molecule has 0 radical (unpaired) electrons. The monoisotopic (exact) mass is 421 g/mol. The maximum Gasteiger partial charge on any atom is 0.262 e. The molecular formula is C14H10Cl2INO2. The second-order valence-corrected chi connectivity index (χ2v) is 6.01. The van der Waals surface area contributed by atoms with Gasteiger partial charge in [-0.15, -0.1) is 0 Å². The van der Waals surface area contributed by atoms with E-state index in [9.17, 15) is 4.79 Å². The van der Waals surface area contributed by atoms with Gasteiger partial charge in [0.2, 0.25) is 0 Å². The van der Waals surface area contributed by atoms with E-state index in [4.69, 9.17) is 27.9 Å². The third-order valence-corrected chi connectivity index (χ3v) is 3.56. The van der Waals surface area contributed by atoms with Crippen LogP contribution in [-0.2, 0) is 4.79 Å². The highest BCUT2D eigenvalue weighted by molar-refractivity contribution is 14.1. The fourth-order valence-corrected chi connectivity index (χ4v) is 2.51. The summed E-state index contributed by atoms with van der Waals surface area (Å²) in [6.45, 7) is -0.118. The van der Waals surface area contributed by atoms with Crippen molar-refractivity contribution < 1.29 is 9.53 Å². The van der Waals surface area contributed by atoms with Crippen LogP contribution in [0.1, 0.15) is 0 Å². The van der Waals surface area contributed by atoms with Crippen LogP contribution in [0.5, 0.6) is 5.75 Å². The van der Waals surface area contributed by atoms with E-state index in [-0.39, 0.29) is 12.5 Å². The number of hydrogen-bond acceptors (Lipinski definition) is 2. The van der Waals surface area contributed by atoms with Crippen LogP contribution >= 0.6 is 45.8 Å². The topological polar surface area (TPSA) is 38.3 Å². The van der Waals surface area contributed by atoms with E-state index < -0.39 is 0 Å². The molecule has 2 rings (SSSR count). The number of amides is 1. The van der Waals surface area contributed by atoms with Crippen molar-refractivity contribution in [2.75, 3.05) is 11.9 Å². The van der Waals surface area contributed by atoms with Crippen molar-refractivity contribution in [2.24, 2.45) is 0 Å². The Morgan fingerprint density at radius 1 is 1.20 bits per heavy atom. The molecule has 0 bridgehead atoms. The molecule has 0 aliphatic heterocycles. The molecule has 0 atom stereocenters. The van der Waals surface area contributed by atoms with Crippen molar-refractivity contribution in [3.63, 3.8) is 0 Å². The summed E-state index contributed by atoms with van der Waals surface area (Å²) >= 11 is 13.9. The lowest BCUT2D eigenvalue weighted by atomic mass is 10.3. The summed E-state index contributed by atoms with van der Waals surface area (Å²) in [5, 5.41) is 3.64. The molecule has 2 aromatic carbocycles. The van der Waals surface area contributed by atoms with Crippen molar-refractivity contribution >= 4 is 57.4 Å². The van der Waals surface area contributed by atoms with Gasteiger partial charge in [0.1, 0.15) is 5.75 Å². The minimum absolute atomic E-state index is 0.118. The second-order valence-electron chi connectivity index (χ2n) is 3.92. The van der Waals surface area contributed by atoms with Crippen molar-refractivity contribution in [1.82, 2.24) is 0 Å². The molecule has 0 heterocycles. The standard InChI is InChI=1S/C14H10Cl2INO2/c15-9-4-5-13(12(16)6-9)20-8-14(19)18-11-3-1-2-10(17)7-11/h1-7H,8H2,(H,18,19). The van der Waals surface area contributed by atoms with E-state index >= 15 is 0 Å². The molecule has 1 N–H and O–H groups in total. The predicted molar refractivity (Wildman–Crippen MR) is 89.7 cm³/mol. The van der Waals surface area contributed by atoms with Crippen molar-refractivity contribution in [1.29, 1.82) is 0 Å². The molecule has 0 saturated carbocycles. The molecule has 0 fully saturated rings. The van der Waals surface area contributed by atoms with Gasteiger partial charge in [-0.1, -0.05) is 29.3 Å². The molecule has 0 aromatic heterocycles. The maximum atomic E-state index is 11.8. The molecule has 6 heteroatoms. The van der Waals surface area contributed by atoms with E-state index in [1.54, 1.807) is 18.2 Å². The largest absolute Gasteiger partial charge is 0.482 e. The van der Waals surface area contributed by atoms with Crippen LogP contribution in [-0.4, -0.2) is 12.5 Å². The number of carbonyl (C=O) groups is 1. The summed E-state index contributed by atoms with van der Waals surface area (Å²) in [4.78, 5) is 11.8. The summed E-state index contributed by atoms with van der Waals surface area (Å²) in [5.74, 6) is 0.173. The molecule has 20 heavy (non-hydrogen) atoms. The van der Waals surface area contributed by atoms with Gasteiger partial charge in [-0.25, -0.2) is 0 Å². The van der Waals surface area contributed by atoms with Crippen LogP contribution in [0.15, 0.2) is 42.5 Å². The summed E-state index contributed by atoms with van der Waals surface area (Å²) in [6, 6.07) is 12.3. The van der Waals surface area contributed by atoms with Gasteiger partial charge in [0.15, 0.2) is 6.61 Å². The highest BCUT2D eigenvalue weighted by Gasteiger charge is 2.07. The SMILES string of the molecule is O=C(COc1ccc(Cl)cc1Cl)Nc1cccc(I)c1. The summed E-state index contributed by atoms with van der Waals surface area (Å²) in [5.41, 5.74) is 0.729. The van der Waals surface area contributed by atoms with Gasteiger partial charge in [0.05, 0.1) is 5.02 Å². The Labute approximate surface area is 140 Å². The molecule has 104 valence electrons. The quantitative estimate of drug-likeness (QED) is 0.731. The van der Waals surface area contributed by atoms with Crippen LogP contribution in [0.4, 0.5) is 5.69 Å². The minimum atomic E-state index is -0.252. The van der Waals surface area contributed by atoms with Gasteiger partial charge in [-0.3, -0.25) is 4.79 Å². The van der Waals surface area contributed by atoms with Crippen molar-refractivity contribution in [3.05, 3.63) is 56.1 Å². The molecule has 2 aromatic rings. The van der Waals surface area contributed by atoms with E-state index in [2.05, 4.69) is 27.9 Å². The van der Waals surface area contributed by atoms with E-state index in [0.29, 0.717) is 15.8 Å². The normalized spacial score (nSPS) is 10.2. The number of ether oxygens (including phenoxy) is 1. The van der Waals surface area contributed by atoms with Crippen molar-refractivity contribution in [2.45, 2.75) is 0 Å². The van der Waals surface area contributed by atoms with Crippen molar-refractivity contribution in [3.8, 4) is 5.75 Å².